The molecule has 2 aromatic carbocycles. The van der Waals surface area contributed by atoms with E-state index >= 15 is 0 Å². The fraction of sp³-hybridized carbons (Fsp3) is 0.0714. The second kappa shape index (κ2) is 5.19. The molecule has 2 nitrogen and oxygen atoms in total. The van der Waals surface area contributed by atoms with Crippen LogP contribution in [0.5, 0.6) is 5.75 Å². The molecule has 0 fully saturated rings. The smallest absolute Gasteiger partial charge is 0.153 e. The summed E-state index contributed by atoms with van der Waals surface area (Å²) in [6.07, 6.45) is 0.637. The van der Waals surface area contributed by atoms with Gasteiger partial charge in [0, 0.05) is 16.7 Å². The van der Waals surface area contributed by atoms with Gasteiger partial charge in [0.1, 0.15) is 11.6 Å². The maximum absolute atomic E-state index is 13.9. The van der Waals surface area contributed by atoms with Crippen LogP contribution in [0.1, 0.15) is 10.4 Å². The molecule has 4 heteroatoms. The van der Waals surface area contributed by atoms with Crippen LogP contribution in [-0.2, 0) is 0 Å². The molecule has 2 rings (SSSR count). The molecule has 0 aliphatic carbocycles. The zero-order valence-electron chi connectivity index (χ0n) is 9.61. The van der Waals surface area contributed by atoms with E-state index in [1.807, 2.05) is 0 Å². The van der Waals surface area contributed by atoms with Gasteiger partial charge in [-0.3, -0.25) is 4.79 Å². The molecular formula is C14H10ClFO2. The lowest BCUT2D eigenvalue weighted by molar-refractivity contribution is 0.112. The maximum atomic E-state index is 13.9. The van der Waals surface area contributed by atoms with Gasteiger partial charge in [-0.15, -0.1) is 0 Å². The summed E-state index contributed by atoms with van der Waals surface area (Å²) < 4.78 is 18.8. The van der Waals surface area contributed by atoms with Crippen LogP contribution in [0.25, 0.3) is 11.1 Å². The predicted octanol–water partition coefficient (Wildman–Crippen LogP) is 3.97. The summed E-state index contributed by atoms with van der Waals surface area (Å²) in [7, 11) is 1.39. The lowest BCUT2D eigenvalue weighted by Crippen LogP contribution is -1.94. The van der Waals surface area contributed by atoms with Crippen molar-refractivity contribution in [1.82, 2.24) is 0 Å². The van der Waals surface area contributed by atoms with E-state index in [2.05, 4.69) is 0 Å². The van der Waals surface area contributed by atoms with Crippen LogP contribution in [0.3, 0.4) is 0 Å². The highest BCUT2D eigenvalue weighted by Crippen LogP contribution is 2.29. The van der Waals surface area contributed by atoms with Gasteiger partial charge in [-0.1, -0.05) is 23.7 Å². The standard InChI is InChI=1S/C14H10ClFO2/c1-18-14-7-13(16)12(6-10(14)8-17)9-2-4-11(15)5-3-9/h2-8H,1H3. The van der Waals surface area contributed by atoms with Gasteiger partial charge in [0.2, 0.25) is 0 Å². The van der Waals surface area contributed by atoms with E-state index < -0.39 is 5.82 Å². The van der Waals surface area contributed by atoms with Gasteiger partial charge in [0.25, 0.3) is 0 Å². The third-order valence-corrected chi connectivity index (χ3v) is 2.85. The Morgan fingerprint density at radius 1 is 1.22 bits per heavy atom. The van der Waals surface area contributed by atoms with Crippen LogP contribution < -0.4 is 4.74 Å². The lowest BCUT2D eigenvalue weighted by Gasteiger charge is -2.08. The molecule has 0 spiro atoms. The van der Waals surface area contributed by atoms with Crippen LogP contribution in [0, 0.1) is 5.82 Å². The Hall–Kier alpha value is -1.87. The summed E-state index contributed by atoms with van der Waals surface area (Å²) in [4.78, 5) is 10.9. The van der Waals surface area contributed by atoms with Crippen molar-refractivity contribution in [3.63, 3.8) is 0 Å². The molecule has 0 aliphatic heterocycles. The minimum absolute atomic E-state index is 0.222. The first kappa shape index (κ1) is 12.6. The molecule has 18 heavy (non-hydrogen) atoms. The number of halogens is 2. The highest BCUT2D eigenvalue weighted by atomic mass is 35.5. The third kappa shape index (κ3) is 2.36. The third-order valence-electron chi connectivity index (χ3n) is 2.60. The van der Waals surface area contributed by atoms with E-state index in [9.17, 15) is 9.18 Å². The second-order valence-electron chi connectivity index (χ2n) is 3.70. The zero-order chi connectivity index (χ0) is 13.1. The van der Waals surface area contributed by atoms with Crippen molar-refractivity contribution in [2.75, 3.05) is 7.11 Å². The van der Waals surface area contributed by atoms with Gasteiger partial charge in [-0.05, 0) is 23.8 Å². The average Bonchev–Trinajstić information content (AvgIpc) is 2.39. The average molecular weight is 265 g/mol. The summed E-state index contributed by atoms with van der Waals surface area (Å²) in [5.74, 6) is -0.222. The molecular weight excluding hydrogens is 255 g/mol. The van der Waals surface area contributed by atoms with Crippen LogP contribution in [0.15, 0.2) is 36.4 Å². The first-order valence-electron chi connectivity index (χ1n) is 5.24. The van der Waals surface area contributed by atoms with E-state index in [4.69, 9.17) is 16.3 Å². The van der Waals surface area contributed by atoms with Crippen LogP contribution in [-0.4, -0.2) is 13.4 Å². The van der Waals surface area contributed by atoms with Crippen molar-refractivity contribution in [3.05, 3.63) is 52.8 Å². The van der Waals surface area contributed by atoms with E-state index in [0.717, 1.165) is 0 Å². The molecule has 0 atom stereocenters. The van der Waals surface area contributed by atoms with Gasteiger partial charge in [0.15, 0.2) is 6.29 Å². The van der Waals surface area contributed by atoms with Gasteiger partial charge in [-0.25, -0.2) is 4.39 Å². The molecule has 0 unspecified atom stereocenters. The first-order chi connectivity index (χ1) is 8.65. The Morgan fingerprint density at radius 2 is 1.89 bits per heavy atom. The summed E-state index contributed by atoms with van der Waals surface area (Å²) in [6.45, 7) is 0. The lowest BCUT2D eigenvalue weighted by atomic mass is 10.0. The fourth-order valence-corrected chi connectivity index (χ4v) is 1.82. The topological polar surface area (TPSA) is 26.3 Å². The van der Waals surface area contributed by atoms with Crippen molar-refractivity contribution >= 4 is 17.9 Å². The Morgan fingerprint density at radius 3 is 2.44 bits per heavy atom. The number of aldehydes is 1. The monoisotopic (exact) mass is 264 g/mol. The van der Waals surface area contributed by atoms with Crippen molar-refractivity contribution < 1.29 is 13.9 Å². The molecule has 92 valence electrons. The molecule has 0 amide bonds. The molecule has 0 aromatic heterocycles. The van der Waals surface area contributed by atoms with Crippen molar-refractivity contribution in [3.8, 4) is 16.9 Å². The maximum Gasteiger partial charge on any atom is 0.153 e. The minimum atomic E-state index is -0.445. The number of carbonyl (C=O) groups is 1. The van der Waals surface area contributed by atoms with E-state index in [-0.39, 0.29) is 5.75 Å². The quantitative estimate of drug-likeness (QED) is 0.784. The highest BCUT2D eigenvalue weighted by molar-refractivity contribution is 6.30. The van der Waals surface area contributed by atoms with Crippen LogP contribution >= 0.6 is 11.6 Å². The van der Waals surface area contributed by atoms with Crippen LogP contribution in [0.2, 0.25) is 5.02 Å². The highest BCUT2D eigenvalue weighted by Gasteiger charge is 2.11. The minimum Gasteiger partial charge on any atom is -0.496 e. The first-order valence-corrected chi connectivity index (χ1v) is 5.62. The molecule has 0 aliphatic rings. The second-order valence-corrected chi connectivity index (χ2v) is 4.14. The summed E-state index contributed by atoms with van der Waals surface area (Å²) in [6, 6.07) is 9.39. The molecule has 0 saturated heterocycles. The molecule has 2 aromatic rings. The van der Waals surface area contributed by atoms with Gasteiger partial charge in [-0.2, -0.15) is 0 Å². The predicted molar refractivity (Wildman–Crippen MR) is 68.8 cm³/mol. The van der Waals surface area contributed by atoms with Crippen molar-refractivity contribution in [2.45, 2.75) is 0 Å². The summed E-state index contributed by atoms with van der Waals surface area (Å²) in [5.41, 5.74) is 1.31. The number of hydrogen-bond donors (Lipinski definition) is 0. The Kier molecular flexibility index (Phi) is 3.63. The number of carbonyl (C=O) groups excluding carboxylic acids is 1. The normalized spacial score (nSPS) is 10.2. The summed E-state index contributed by atoms with van der Waals surface area (Å²) in [5, 5.41) is 0.572. The zero-order valence-corrected chi connectivity index (χ0v) is 10.4. The number of ether oxygens (including phenoxy) is 1. The number of methoxy groups -OCH3 is 1. The number of benzene rings is 2. The van der Waals surface area contributed by atoms with Gasteiger partial charge >= 0.3 is 0 Å². The van der Waals surface area contributed by atoms with Crippen LogP contribution in [0.4, 0.5) is 4.39 Å². The molecule has 0 radical (unpaired) electrons. The van der Waals surface area contributed by atoms with Crippen molar-refractivity contribution in [1.29, 1.82) is 0 Å². The fourth-order valence-electron chi connectivity index (χ4n) is 1.69. The van der Waals surface area contributed by atoms with E-state index in [1.165, 1.54) is 19.2 Å². The Labute approximate surface area is 109 Å². The van der Waals surface area contributed by atoms with Crippen molar-refractivity contribution in [2.24, 2.45) is 0 Å². The Balaban J connectivity index is 2.57. The molecule has 0 saturated carbocycles. The van der Waals surface area contributed by atoms with Gasteiger partial charge < -0.3 is 4.74 Å². The number of rotatable bonds is 3. The number of hydrogen-bond acceptors (Lipinski definition) is 2. The van der Waals surface area contributed by atoms with E-state index in [1.54, 1.807) is 24.3 Å². The largest absolute Gasteiger partial charge is 0.496 e. The molecule has 0 heterocycles. The SMILES string of the molecule is COc1cc(F)c(-c2ccc(Cl)cc2)cc1C=O. The summed E-state index contributed by atoms with van der Waals surface area (Å²) >= 11 is 5.78. The Bertz CT molecular complexity index is 579. The molecule has 0 bridgehead atoms. The molecule has 0 N–H and O–H groups in total. The van der Waals surface area contributed by atoms with Gasteiger partial charge in [0.05, 0.1) is 12.7 Å². The van der Waals surface area contributed by atoms with E-state index in [0.29, 0.717) is 28.0 Å².